The van der Waals surface area contributed by atoms with E-state index in [2.05, 4.69) is 5.32 Å². The Labute approximate surface area is 109 Å². The number of nitrogens with one attached hydrogen (secondary N) is 1. The number of phenols is 2. The third-order valence-corrected chi connectivity index (χ3v) is 2.51. The van der Waals surface area contributed by atoms with Gasteiger partial charge in [0.05, 0.1) is 6.04 Å². The lowest BCUT2D eigenvalue weighted by Crippen LogP contribution is -2.48. The van der Waals surface area contributed by atoms with Crippen LogP contribution in [-0.4, -0.2) is 39.3 Å². The van der Waals surface area contributed by atoms with E-state index in [4.69, 9.17) is 15.9 Å². The lowest BCUT2D eigenvalue weighted by Gasteiger charge is -2.16. The molecule has 19 heavy (non-hydrogen) atoms. The molecule has 0 unspecified atom stereocenters. The van der Waals surface area contributed by atoms with Crippen molar-refractivity contribution in [2.75, 3.05) is 0 Å². The number of nitrogens with two attached hydrogens (primary N) is 1. The lowest BCUT2D eigenvalue weighted by molar-refractivity contribution is -0.141. The molecule has 1 aromatic rings. The van der Waals surface area contributed by atoms with Crippen LogP contribution < -0.4 is 11.1 Å². The van der Waals surface area contributed by atoms with Crippen LogP contribution in [0.5, 0.6) is 11.5 Å². The zero-order chi connectivity index (χ0) is 14.6. The highest BCUT2D eigenvalue weighted by molar-refractivity contribution is 5.86. The average molecular weight is 268 g/mol. The minimum atomic E-state index is -1.21. The van der Waals surface area contributed by atoms with Crippen LogP contribution in [-0.2, 0) is 16.0 Å². The Balaban J connectivity index is 2.81. The van der Waals surface area contributed by atoms with Crippen LogP contribution >= 0.6 is 0 Å². The molecule has 0 spiro atoms. The topological polar surface area (TPSA) is 133 Å². The number of aliphatic carboxylic acids is 1. The second-order valence-corrected chi connectivity index (χ2v) is 4.22. The summed E-state index contributed by atoms with van der Waals surface area (Å²) in [6, 6.07) is 1.99. The first kappa shape index (κ1) is 14.8. The number of carbonyl (C=O) groups is 2. The van der Waals surface area contributed by atoms with Crippen LogP contribution in [0.15, 0.2) is 18.2 Å². The molecule has 0 fully saturated rings. The zero-order valence-corrected chi connectivity index (χ0v) is 10.3. The third-order valence-electron chi connectivity index (χ3n) is 2.51. The van der Waals surface area contributed by atoms with Crippen molar-refractivity contribution in [1.82, 2.24) is 5.32 Å². The fourth-order valence-electron chi connectivity index (χ4n) is 1.43. The predicted molar refractivity (Wildman–Crippen MR) is 66.7 cm³/mol. The summed E-state index contributed by atoms with van der Waals surface area (Å²) in [7, 11) is 0. The van der Waals surface area contributed by atoms with Crippen molar-refractivity contribution in [2.45, 2.75) is 25.4 Å². The molecule has 1 amide bonds. The number of hydrogen-bond acceptors (Lipinski definition) is 5. The van der Waals surface area contributed by atoms with Crippen LogP contribution in [0.2, 0.25) is 0 Å². The van der Waals surface area contributed by atoms with Gasteiger partial charge in [0, 0.05) is 6.42 Å². The summed E-state index contributed by atoms with van der Waals surface area (Å²) in [5.41, 5.74) is 5.81. The minimum absolute atomic E-state index is 0.0262. The van der Waals surface area contributed by atoms with Gasteiger partial charge in [-0.2, -0.15) is 0 Å². The molecule has 0 heterocycles. The van der Waals surface area contributed by atoms with Crippen molar-refractivity contribution in [3.05, 3.63) is 23.8 Å². The van der Waals surface area contributed by atoms with Crippen molar-refractivity contribution in [2.24, 2.45) is 5.73 Å². The molecule has 0 saturated carbocycles. The highest BCUT2D eigenvalue weighted by Gasteiger charge is 2.22. The van der Waals surface area contributed by atoms with E-state index in [9.17, 15) is 14.7 Å². The van der Waals surface area contributed by atoms with Gasteiger partial charge in [0.15, 0.2) is 11.5 Å². The molecule has 7 heteroatoms. The van der Waals surface area contributed by atoms with Gasteiger partial charge in [-0.05, 0) is 24.6 Å². The normalized spacial score (nSPS) is 13.6. The van der Waals surface area contributed by atoms with Gasteiger partial charge in [-0.25, -0.2) is 4.79 Å². The molecule has 0 aliphatic carbocycles. The Morgan fingerprint density at radius 1 is 1.32 bits per heavy atom. The third kappa shape index (κ3) is 4.14. The maximum atomic E-state index is 11.4. The summed E-state index contributed by atoms with van der Waals surface area (Å²) in [5.74, 6) is -2.42. The Morgan fingerprint density at radius 3 is 2.42 bits per heavy atom. The van der Waals surface area contributed by atoms with Crippen molar-refractivity contribution in [3.63, 3.8) is 0 Å². The molecule has 1 aromatic carbocycles. The minimum Gasteiger partial charge on any atom is -0.504 e. The molecule has 0 aliphatic heterocycles. The van der Waals surface area contributed by atoms with E-state index in [1.807, 2.05) is 0 Å². The van der Waals surface area contributed by atoms with Gasteiger partial charge in [-0.1, -0.05) is 6.07 Å². The van der Waals surface area contributed by atoms with Crippen molar-refractivity contribution in [3.8, 4) is 11.5 Å². The van der Waals surface area contributed by atoms with Gasteiger partial charge in [-0.15, -0.1) is 0 Å². The number of aromatic hydroxyl groups is 2. The molecule has 2 atom stereocenters. The van der Waals surface area contributed by atoms with Crippen molar-refractivity contribution >= 4 is 11.9 Å². The molecule has 104 valence electrons. The molecular weight excluding hydrogens is 252 g/mol. The van der Waals surface area contributed by atoms with Crippen LogP contribution in [0, 0.1) is 0 Å². The summed E-state index contributed by atoms with van der Waals surface area (Å²) in [6.45, 7) is 1.45. The highest BCUT2D eigenvalue weighted by Crippen LogP contribution is 2.25. The summed E-state index contributed by atoms with van der Waals surface area (Å²) >= 11 is 0. The Kier molecular flexibility index (Phi) is 4.71. The predicted octanol–water partition coefficient (Wildman–Crippen LogP) is -0.443. The quantitative estimate of drug-likeness (QED) is 0.460. The van der Waals surface area contributed by atoms with Gasteiger partial charge in [0.1, 0.15) is 6.04 Å². The Bertz CT molecular complexity index is 487. The number of carbonyl (C=O) groups excluding carboxylic acids is 1. The molecule has 7 nitrogen and oxygen atoms in total. The van der Waals surface area contributed by atoms with Crippen LogP contribution in [0.3, 0.4) is 0 Å². The van der Waals surface area contributed by atoms with Crippen LogP contribution in [0.1, 0.15) is 12.5 Å². The molecule has 0 aliphatic rings. The van der Waals surface area contributed by atoms with E-state index in [0.717, 1.165) is 0 Å². The van der Waals surface area contributed by atoms with Gasteiger partial charge >= 0.3 is 5.97 Å². The van der Waals surface area contributed by atoms with E-state index in [1.54, 1.807) is 0 Å². The zero-order valence-electron chi connectivity index (χ0n) is 10.3. The molecule has 0 aromatic heterocycles. The van der Waals surface area contributed by atoms with E-state index in [0.29, 0.717) is 5.56 Å². The number of carboxylic acid groups (broad SMARTS) is 1. The summed E-state index contributed by atoms with van der Waals surface area (Å²) < 4.78 is 0. The molecule has 6 N–H and O–H groups in total. The summed E-state index contributed by atoms with van der Waals surface area (Å²) in [6.07, 6.45) is -0.0262. The second-order valence-electron chi connectivity index (χ2n) is 4.22. The van der Waals surface area contributed by atoms with Gasteiger partial charge in [0.25, 0.3) is 0 Å². The van der Waals surface area contributed by atoms with E-state index >= 15 is 0 Å². The van der Waals surface area contributed by atoms with Crippen molar-refractivity contribution < 1.29 is 24.9 Å². The molecule has 0 saturated heterocycles. The van der Waals surface area contributed by atoms with E-state index in [1.165, 1.54) is 25.1 Å². The fourth-order valence-corrected chi connectivity index (χ4v) is 1.43. The first-order valence-electron chi connectivity index (χ1n) is 5.61. The maximum Gasteiger partial charge on any atom is 0.326 e. The summed E-state index contributed by atoms with van der Waals surface area (Å²) in [5, 5.41) is 29.8. The first-order chi connectivity index (χ1) is 8.81. The number of hydrogen-bond donors (Lipinski definition) is 5. The fraction of sp³-hybridized carbons (Fsp3) is 0.333. The van der Waals surface area contributed by atoms with Gasteiger partial charge < -0.3 is 26.4 Å². The molecule has 1 rings (SSSR count). The molecule has 0 bridgehead atoms. The number of phenolic OH excluding ortho intramolecular Hbond substituents is 2. The van der Waals surface area contributed by atoms with E-state index < -0.39 is 24.0 Å². The average Bonchev–Trinajstić information content (AvgIpc) is 2.32. The summed E-state index contributed by atoms with van der Waals surface area (Å²) in [4.78, 5) is 22.4. The Hall–Kier alpha value is -2.28. The standard InChI is InChI=1S/C12H16N2O5/c1-6(13)11(17)14-8(12(18)19)4-7-2-3-9(15)10(16)5-7/h2-3,5-6,8,15-16H,4,13H2,1H3,(H,14,17)(H,18,19)/t6-,8-/m0/s1. The number of rotatable bonds is 5. The number of amides is 1. The second kappa shape index (κ2) is 6.05. The Morgan fingerprint density at radius 2 is 1.95 bits per heavy atom. The first-order valence-corrected chi connectivity index (χ1v) is 5.61. The van der Waals surface area contributed by atoms with Crippen molar-refractivity contribution in [1.29, 1.82) is 0 Å². The number of carboxylic acids is 1. The largest absolute Gasteiger partial charge is 0.504 e. The van der Waals surface area contributed by atoms with Gasteiger partial charge in [-0.3, -0.25) is 4.79 Å². The maximum absolute atomic E-state index is 11.4. The molecular formula is C12H16N2O5. The SMILES string of the molecule is C[C@H](N)C(=O)N[C@@H](Cc1ccc(O)c(O)c1)C(=O)O. The van der Waals surface area contributed by atoms with E-state index in [-0.39, 0.29) is 17.9 Å². The lowest BCUT2D eigenvalue weighted by atomic mass is 10.0. The molecule has 0 radical (unpaired) electrons. The smallest absolute Gasteiger partial charge is 0.326 e. The van der Waals surface area contributed by atoms with Crippen LogP contribution in [0.4, 0.5) is 0 Å². The monoisotopic (exact) mass is 268 g/mol. The van der Waals surface area contributed by atoms with Crippen LogP contribution in [0.25, 0.3) is 0 Å². The highest BCUT2D eigenvalue weighted by atomic mass is 16.4. The van der Waals surface area contributed by atoms with Gasteiger partial charge in [0.2, 0.25) is 5.91 Å². The number of benzene rings is 1.